The third-order valence-electron chi connectivity index (χ3n) is 3.66. The largest absolute Gasteiger partial charge is 0.378 e. The molecule has 2 rings (SSSR count). The summed E-state index contributed by atoms with van der Waals surface area (Å²) >= 11 is 0. The molecule has 0 amide bonds. The van der Waals surface area contributed by atoms with Crippen LogP contribution in [0.2, 0.25) is 0 Å². The molecule has 0 radical (unpaired) electrons. The smallest absolute Gasteiger partial charge is 0.187 e. The zero-order valence-corrected chi connectivity index (χ0v) is 13.6. The molecular weight excluding hydrogens is 272 g/mol. The van der Waals surface area contributed by atoms with Crippen LogP contribution in [0.5, 0.6) is 0 Å². The van der Waals surface area contributed by atoms with E-state index in [1.807, 2.05) is 75.3 Å². The number of rotatable bonds is 5. The van der Waals surface area contributed by atoms with Gasteiger partial charge in [-0.15, -0.1) is 0 Å². The first kappa shape index (κ1) is 15.8. The SMILES string of the molecule is Cc1ccc(C(=O)C=CNc2ccc(N(C)C)cc2)cc1C. The molecule has 0 saturated carbocycles. The highest BCUT2D eigenvalue weighted by Gasteiger charge is 2.03. The van der Waals surface area contributed by atoms with E-state index in [0.717, 1.165) is 16.9 Å². The second-order valence-corrected chi connectivity index (χ2v) is 5.58. The van der Waals surface area contributed by atoms with Crippen molar-refractivity contribution in [2.24, 2.45) is 0 Å². The lowest BCUT2D eigenvalue weighted by atomic mass is 10.0. The minimum atomic E-state index is 0.000474. The molecule has 114 valence electrons. The molecule has 0 bridgehead atoms. The summed E-state index contributed by atoms with van der Waals surface area (Å²) in [7, 11) is 4.01. The summed E-state index contributed by atoms with van der Waals surface area (Å²) in [6, 6.07) is 13.8. The van der Waals surface area contributed by atoms with E-state index < -0.39 is 0 Å². The van der Waals surface area contributed by atoms with Gasteiger partial charge in [0.1, 0.15) is 0 Å². The zero-order chi connectivity index (χ0) is 16.1. The predicted octanol–water partition coefficient (Wildman–Crippen LogP) is 4.18. The third-order valence-corrected chi connectivity index (χ3v) is 3.66. The van der Waals surface area contributed by atoms with Gasteiger partial charge in [-0.05, 0) is 55.3 Å². The normalized spacial score (nSPS) is 10.7. The van der Waals surface area contributed by atoms with E-state index in [4.69, 9.17) is 0 Å². The van der Waals surface area contributed by atoms with E-state index in [0.29, 0.717) is 5.56 Å². The number of ketones is 1. The first-order valence-electron chi connectivity index (χ1n) is 7.29. The van der Waals surface area contributed by atoms with Crippen molar-refractivity contribution in [1.82, 2.24) is 0 Å². The maximum atomic E-state index is 12.1. The number of carbonyl (C=O) groups is 1. The molecule has 0 aromatic heterocycles. The maximum Gasteiger partial charge on any atom is 0.187 e. The van der Waals surface area contributed by atoms with Gasteiger partial charge in [-0.25, -0.2) is 0 Å². The van der Waals surface area contributed by atoms with Crippen LogP contribution >= 0.6 is 0 Å². The van der Waals surface area contributed by atoms with Crippen LogP contribution in [0.1, 0.15) is 21.5 Å². The van der Waals surface area contributed by atoms with Gasteiger partial charge in [-0.3, -0.25) is 4.79 Å². The van der Waals surface area contributed by atoms with E-state index in [1.54, 1.807) is 12.3 Å². The van der Waals surface area contributed by atoms with Gasteiger partial charge in [-0.2, -0.15) is 0 Å². The molecule has 0 fully saturated rings. The van der Waals surface area contributed by atoms with Crippen LogP contribution in [0.4, 0.5) is 11.4 Å². The lowest BCUT2D eigenvalue weighted by molar-refractivity contribution is 0.104. The van der Waals surface area contributed by atoms with Crippen molar-refractivity contribution in [2.45, 2.75) is 13.8 Å². The number of anilines is 2. The number of nitrogens with zero attached hydrogens (tertiary/aromatic N) is 1. The number of hydrogen-bond donors (Lipinski definition) is 1. The first-order chi connectivity index (χ1) is 10.5. The topological polar surface area (TPSA) is 32.3 Å². The second-order valence-electron chi connectivity index (χ2n) is 5.58. The average molecular weight is 294 g/mol. The van der Waals surface area contributed by atoms with E-state index in [9.17, 15) is 4.79 Å². The fraction of sp³-hybridized carbons (Fsp3) is 0.211. The highest BCUT2D eigenvalue weighted by molar-refractivity contribution is 6.04. The summed E-state index contributed by atoms with van der Waals surface area (Å²) in [5, 5.41) is 3.12. The van der Waals surface area contributed by atoms with Crippen molar-refractivity contribution in [3.63, 3.8) is 0 Å². The van der Waals surface area contributed by atoms with E-state index in [1.165, 1.54) is 5.56 Å². The second kappa shape index (κ2) is 6.94. The Morgan fingerprint density at radius 3 is 2.27 bits per heavy atom. The average Bonchev–Trinajstić information content (AvgIpc) is 2.50. The summed E-state index contributed by atoms with van der Waals surface area (Å²) in [5.41, 5.74) is 5.13. The number of benzene rings is 2. The van der Waals surface area contributed by atoms with Crippen LogP contribution in [-0.2, 0) is 0 Å². The molecule has 2 aromatic rings. The van der Waals surface area contributed by atoms with Gasteiger partial charge < -0.3 is 10.2 Å². The van der Waals surface area contributed by atoms with Crippen molar-refractivity contribution in [2.75, 3.05) is 24.3 Å². The minimum Gasteiger partial charge on any atom is -0.378 e. The van der Waals surface area contributed by atoms with Crippen molar-refractivity contribution >= 4 is 17.2 Å². The highest BCUT2D eigenvalue weighted by Crippen LogP contribution is 2.16. The predicted molar refractivity (Wildman–Crippen MR) is 93.8 cm³/mol. The van der Waals surface area contributed by atoms with Crippen LogP contribution in [0.25, 0.3) is 0 Å². The molecule has 3 heteroatoms. The van der Waals surface area contributed by atoms with Crippen molar-refractivity contribution in [3.8, 4) is 0 Å². The third kappa shape index (κ3) is 3.98. The Morgan fingerprint density at radius 1 is 1.00 bits per heavy atom. The van der Waals surface area contributed by atoms with Crippen molar-refractivity contribution in [3.05, 3.63) is 71.4 Å². The molecule has 0 spiro atoms. The number of allylic oxidation sites excluding steroid dienone is 1. The van der Waals surface area contributed by atoms with Gasteiger partial charge in [-0.1, -0.05) is 12.1 Å². The Bertz CT molecular complexity index is 685. The molecule has 0 saturated heterocycles. The molecule has 0 aliphatic rings. The van der Waals surface area contributed by atoms with E-state index in [2.05, 4.69) is 5.32 Å². The molecule has 0 unspecified atom stereocenters. The molecule has 2 aromatic carbocycles. The fourth-order valence-electron chi connectivity index (χ4n) is 2.06. The molecule has 0 atom stereocenters. The fourth-order valence-corrected chi connectivity index (χ4v) is 2.06. The van der Waals surface area contributed by atoms with Gasteiger partial charge in [0, 0.05) is 43.3 Å². The van der Waals surface area contributed by atoms with Crippen LogP contribution in [0.15, 0.2) is 54.7 Å². The minimum absolute atomic E-state index is 0.000474. The molecule has 1 N–H and O–H groups in total. The monoisotopic (exact) mass is 294 g/mol. The lowest BCUT2D eigenvalue weighted by Gasteiger charge is -2.12. The Kier molecular flexibility index (Phi) is 4.99. The van der Waals surface area contributed by atoms with Crippen LogP contribution in [0, 0.1) is 13.8 Å². The zero-order valence-electron chi connectivity index (χ0n) is 13.6. The summed E-state index contributed by atoms with van der Waals surface area (Å²) < 4.78 is 0. The number of aryl methyl sites for hydroxylation is 2. The number of hydrogen-bond acceptors (Lipinski definition) is 3. The standard InChI is InChI=1S/C19H22N2O/c1-14-5-6-16(13-15(14)2)19(22)11-12-20-17-7-9-18(10-8-17)21(3)4/h5-13,20H,1-4H3. The molecular formula is C19H22N2O. The lowest BCUT2D eigenvalue weighted by Crippen LogP contribution is -2.08. The Hall–Kier alpha value is -2.55. The Labute approximate surface area is 132 Å². The van der Waals surface area contributed by atoms with Gasteiger partial charge in [0.25, 0.3) is 0 Å². The molecule has 22 heavy (non-hydrogen) atoms. The molecule has 0 aliphatic heterocycles. The summed E-state index contributed by atoms with van der Waals surface area (Å²) in [4.78, 5) is 14.2. The summed E-state index contributed by atoms with van der Waals surface area (Å²) in [6.45, 7) is 4.05. The van der Waals surface area contributed by atoms with Crippen molar-refractivity contribution < 1.29 is 4.79 Å². The van der Waals surface area contributed by atoms with Crippen LogP contribution in [0.3, 0.4) is 0 Å². The summed E-state index contributed by atoms with van der Waals surface area (Å²) in [6.07, 6.45) is 3.24. The van der Waals surface area contributed by atoms with Crippen LogP contribution in [-0.4, -0.2) is 19.9 Å². The first-order valence-corrected chi connectivity index (χ1v) is 7.29. The molecule has 3 nitrogen and oxygen atoms in total. The maximum absolute atomic E-state index is 12.1. The highest BCUT2D eigenvalue weighted by atomic mass is 16.1. The molecule has 0 heterocycles. The number of nitrogens with one attached hydrogen (secondary N) is 1. The van der Waals surface area contributed by atoms with Gasteiger partial charge in [0.2, 0.25) is 0 Å². The van der Waals surface area contributed by atoms with Gasteiger partial charge in [0.15, 0.2) is 5.78 Å². The quantitative estimate of drug-likeness (QED) is 0.663. The van der Waals surface area contributed by atoms with E-state index in [-0.39, 0.29) is 5.78 Å². The van der Waals surface area contributed by atoms with E-state index >= 15 is 0 Å². The Morgan fingerprint density at radius 2 is 1.68 bits per heavy atom. The Balaban J connectivity index is 1.99. The molecule has 0 aliphatic carbocycles. The van der Waals surface area contributed by atoms with Crippen LogP contribution < -0.4 is 10.2 Å². The van der Waals surface area contributed by atoms with Crippen molar-refractivity contribution in [1.29, 1.82) is 0 Å². The van der Waals surface area contributed by atoms with Gasteiger partial charge in [0.05, 0.1) is 0 Å². The summed E-state index contributed by atoms with van der Waals surface area (Å²) in [5.74, 6) is 0.000474. The van der Waals surface area contributed by atoms with Gasteiger partial charge >= 0.3 is 0 Å². The number of carbonyl (C=O) groups excluding carboxylic acids is 1.